The zero-order chi connectivity index (χ0) is 19.5. The molecule has 4 N–H and O–H groups in total. The molecule has 3 aromatic rings. The van der Waals surface area contributed by atoms with Gasteiger partial charge in [-0.2, -0.15) is 5.10 Å². The summed E-state index contributed by atoms with van der Waals surface area (Å²) in [6.45, 7) is 0. The fourth-order valence-corrected chi connectivity index (χ4v) is 4.41. The number of aromatic amines is 1. The maximum Gasteiger partial charge on any atom is 0.241 e. The molecule has 27 heavy (non-hydrogen) atoms. The molecule has 0 spiro atoms. The number of aromatic nitrogens is 3. The number of rotatable bonds is 7. The molecule has 0 saturated carbocycles. The van der Waals surface area contributed by atoms with Crippen molar-refractivity contribution < 1.29 is 16.8 Å². The Bertz CT molecular complexity index is 1110. The van der Waals surface area contributed by atoms with Crippen LogP contribution in [0.4, 0.5) is 0 Å². The lowest BCUT2D eigenvalue weighted by Crippen LogP contribution is -2.30. The highest BCUT2D eigenvalue weighted by Crippen LogP contribution is 2.21. The first-order chi connectivity index (χ1) is 12.8. The number of nitrogens with zero attached hydrogens (tertiary/aromatic N) is 2. The van der Waals surface area contributed by atoms with E-state index < -0.39 is 26.1 Å². The molecule has 2 aromatic carbocycles. The molecular weight excluding hydrogens is 390 g/mol. The standard InChI is InChI=1S/C16H17N5O4S2/c17-26(22,23)13-7-4-8-14(9-13)27(24,25)21-15(10-16-18-11-19-20-16)12-5-2-1-3-6-12/h1-9,11,15,21H,10H2,(H2,17,22,23)(H,18,19,20). The minimum absolute atomic E-state index is 0.201. The number of hydrogen-bond acceptors (Lipinski definition) is 6. The number of sulfonamides is 2. The fraction of sp³-hybridized carbons (Fsp3) is 0.125. The van der Waals surface area contributed by atoms with Gasteiger partial charge in [0.1, 0.15) is 12.2 Å². The van der Waals surface area contributed by atoms with E-state index in [9.17, 15) is 16.8 Å². The number of nitrogens with one attached hydrogen (secondary N) is 2. The third-order valence-corrected chi connectivity index (χ3v) is 6.19. The van der Waals surface area contributed by atoms with Gasteiger partial charge in [-0.05, 0) is 23.8 Å². The lowest BCUT2D eigenvalue weighted by Gasteiger charge is -2.18. The second kappa shape index (κ2) is 7.56. The van der Waals surface area contributed by atoms with Gasteiger partial charge in [0, 0.05) is 6.42 Å². The van der Waals surface area contributed by atoms with Crippen molar-refractivity contribution in [1.29, 1.82) is 0 Å². The Morgan fingerprint density at radius 3 is 2.33 bits per heavy atom. The van der Waals surface area contributed by atoms with Crippen LogP contribution in [0.25, 0.3) is 0 Å². The Kier molecular flexibility index (Phi) is 5.37. The van der Waals surface area contributed by atoms with Gasteiger partial charge < -0.3 is 0 Å². The Morgan fingerprint density at radius 1 is 1.00 bits per heavy atom. The summed E-state index contributed by atoms with van der Waals surface area (Å²) in [4.78, 5) is 3.55. The van der Waals surface area contributed by atoms with Crippen LogP contribution in [0.1, 0.15) is 17.4 Å². The van der Waals surface area contributed by atoms with Crippen LogP contribution in [0.3, 0.4) is 0 Å². The first-order valence-electron chi connectivity index (χ1n) is 7.80. The van der Waals surface area contributed by atoms with Gasteiger partial charge in [0.2, 0.25) is 20.0 Å². The molecule has 1 aromatic heterocycles. The van der Waals surface area contributed by atoms with Crippen LogP contribution < -0.4 is 9.86 Å². The van der Waals surface area contributed by atoms with Crippen LogP contribution in [-0.2, 0) is 26.5 Å². The van der Waals surface area contributed by atoms with Crippen LogP contribution in [0.5, 0.6) is 0 Å². The number of benzene rings is 2. The SMILES string of the molecule is NS(=O)(=O)c1cccc(S(=O)(=O)NC(Cc2ncn[nH]2)c2ccccc2)c1. The molecule has 0 aliphatic rings. The molecule has 0 aliphatic carbocycles. The normalized spacial score (nSPS) is 13.4. The summed E-state index contributed by atoms with van der Waals surface area (Å²) in [5.41, 5.74) is 0.722. The summed E-state index contributed by atoms with van der Waals surface area (Å²) < 4.78 is 51.3. The van der Waals surface area contributed by atoms with Crippen LogP contribution in [-0.4, -0.2) is 32.0 Å². The summed E-state index contributed by atoms with van der Waals surface area (Å²) in [5.74, 6) is 0.504. The Hall–Kier alpha value is -2.60. The predicted molar refractivity (Wildman–Crippen MR) is 97.4 cm³/mol. The minimum Gasteiger partial charge on any atom is -0.263 e. The minimum atomic E-state index is -4.03. The number of H-pyrrole nitrogens is 1. The van der Waals surface area contributed by atoms with Gasteiger partial charge >= 0.3 is 0 Å². The predicted octanol–water partition coefficient (Wildman–Crippen LogP) is 0.714. The van der Waals surface area contributed by atoms with E-state index in [1.807, 2.05) is 6.07 Å². The molecule has 0 fully saturated rings. The molecule has 1 heterocycles. The molecule has 0 amide bonds. The molecule has 0 saturated heterocycles. The molecule has 3 rings (SSSR count). The highest BCUT2D eigenvalue weighted by molar-refractivity contribution is 7.90. The van der Waals surface area contributed by atoms with Gasteiger partial charge in [0.25, 0.3) is 0 Å². The third-order valence-electron chi connectivity index (χ3n) is 3.81. The van der Waals surface area contributed by atoms with E-state index in [0.717, 1.165) is 11.6 Å². The summed E-state index contributed by atoms with van der Waals surface area (Å²) in [5, 5.41) is 11.6. The van der Waals surface area contributed by atoms with E-state index in [1.165, 1.54) is 24.5 Å². The van der Waals surface area contributed by atoms with E-state index in [1.54, 1.807) is 24.3 Å². The van der Waals surface area contributed by atoms with Gasteiger partial charge in [-0.15, -0.1) is 0 Å². The Morgan fingerprint density at radius 2 is 1.70 bits per heavy atom. The van der Waals surface area contributed by atoms with Crippen LogP contribution in [0.2, 0.25) is 0 Å². The maximum atomic E-state index is 12.8. The van der Waals surface area contributed by atoms with Crippen molar-refractivity contribution in [1.82, 2.24) is 19.9 Å². The Balaban J connectivity index is 1.95. The van der Waals surface area contributed by atoms with Crippen LogP contribution in [0, 0.1) is 0 Å². The maximum absolute atomic E-state index is 12.8. The van der Waals surface area contributed by atoms with Gasteiger partial charge in [-0.3, -0.25) is 5.10 Å². The van der Waals surface area contributed by atoms with E-state index >= 15 is 0 Å². The second-order valence-corrected chi connectivity index (χ2v) is 9.02. The summed E-state index contributed by atoms with van der Waals surface area (Å²) in [7, 11) is -8.05. The molecule has 1 atom stereocenters. The molecular formula is C16H17N5O4S2. The van der Waals surface area contributed by atoms with Gasteiger partial charge in [0.05, 0.1) is 15.8 Å². The van der Waals surface area contributed by atoms with Crippen molar-refractivity contribution in [3.8, 4) is 0 Å². The quantitative estimate of drug-likeness (QED) is 0.525. The largest absolute Gasteiger partial charge is 0.263 e. The first kappa shape index (κ1) is 19.2. The molecule has 142 valence electrons. The smallest absolute Gasteiger partial charge is 0.241 e. The monoisotopic (exact) mass is 407 g/mol. The lowest BCUT2D eigenvalue weighted by molar-refractivity contribution is 0.550. The molecule has 11 heteroatoms. The van der Waals surface area contributed by atoms with Crippen molar-refractivity contribution in [2.75, 3.05) is 0 Å². The van der Waals surface area contributed by atoms with Gasteiger partial charge in [-0.1, -0.05) is 36.4 Å². The van der Waals surface area contributed by atoms with Crippen molar-refractivity contribution in [2.45, 2.75) is 22.3 Å². The summed E-state index contributed by atoms with van der Waals surface area (Å²) >= 11 is 0. The van der Waals surface area contributed by atoms with E-state index in [4.69, 9.17) is 5.14 Å². The van der Waals surface area contributed by atoms with Crippen LogP contribution in [0.15, 0.2) is 70.7 Å². The van der Waals surface area contributed by atoms with Crippen molar-refractivity contribution in [2.24, 2.45) is 5.14 Å². The number of nitrogens with two attached hydrogens (primary N) is 1. The summed E-state index contributed by atoms with van der Waals surface area (Å²) in [6, 6.07) is 13.2. The topological polar surface area (TPSA) is 148 Å². The fourth-order valence-electron chi connectivity index (χ4n) is 2.51. The first-order valence-corrected chi connectivity index (χ1v) is 10.8. The Labute approximate surface area is 156 Å². The average Bonchev–Trinajstić information content (AvgIpc) is 3.14. The van der Waals surface area contributed by atoms with E-state index in [2.05, 4.69) is 19.9 Å². The summed E-state index contributed by atoms with van der Waals surface area (Å²) in [6.07, 6.45) is 1.57. The third kappa shape index (κ3) is 4.77. The average molecular weight is 407 g/mol. The zero-order valence-electron chi connectivity index (χ0n) is 14.0. The van der Waals surface area contributed by atoms with Gasteiger partial charge in [0.15, 0.2) is 0 Å². The molecule has 0 bridgehead atoms. The molecule has 0 aliphatic heterocycles. The van der Waals surface area contributed by atoms with Crippen LogP contribution >= 0.6 is 0 Å². The highest BCUT2D eigenvalue weighted by atomic mass is 32.2. The molecule has 1 unspecified atom stereocenters. The van der Waals surface area contributed by atoms with Crippen molar-refractivity contribution >= 4 is 20.0 Å². The van der Waals surface area contributed by atoms with E-state index in [0.29, 0.717) is 5.82 Å². The molecule has 0 radical (unpaired) electrons. The van der Waals surface area contributed by atoms with Gasteiger partial charge in [-0.25, -0.2) is 31.7 Å². The highest BCUT2D eigenvalue weighted by Gasteiger charge is 2.24. The lowest BCUT2D eigenvalue weighted by atomic mass is 10.0. The van der Waals surface area contributed by atoms with E-state index in [-0.39, 0.29) is 16.2 Å². The zero-order valence-corrected chi connectivity index (χ0v) is 15.6. The van der Waals surface area contributed by atoms with Crippen molar-refractivity contribution in [3.05, 3.63) is 72.3 Å². The van der Waals surface area contributed by atoms with Crippen molar-refractivity contribution in [3.63, 3.8) is 0 Å². The number of hydrogen-bond donors (Lipinski definition) is 3. The molecule has 9 nitrogen and oxygen atoms in total. The number of primary sulfonamides is 1. The second-order valence-electron chi connectivity index (χ2n) is 5.74.